The quantitative estimate of drug-likeness (QED) is 0.674. The van der Waals surface area contributed by atoms with Crippen molar-refractivity contribution in [2.45, 2.75) is 6.54 Å². The number of aromatic amines is 1. The van der Waals surface area contributed by atoms with Gasteiger partial charge in [-0.3, -0.25) is 4.79 Å². The zero-order chi connectivity index (χ0) is 9.68. The molecule has 0 spiro atoms. The number of hydrogen-bond acceptors (Lipinski definition) is 3. The Morgan fingerprint density at radius 3 is 3.00 bits per heavy atom. The summed E-state index contributed by atoms with van der Waals surface area (Å²) >= 11 is 0. The number of nitrogens with zero attached hydrogens (tertiary/aromatic N) is 1. The van der Waals surface area contributed by atoms with Crippen LogP contribution in [-0.2, 0) is 6.54 Å². The maximum Gasteiger partial charge on any atom is 0.248 e. The molecule has 3 N–H and O–H groups in total. The van der Waals surface area contributed by atoms with Gasteiger partial charge < -0.3 is 15.6 Å². The largest absolute Gasteiger partial charge is 0.329 e. The molecule has 72 valence electrons. The van der Waals surface area contributed by atoms with E-state index in [1.54, 1.807) is 12.3 Å². The minimum Gasteiger partial charge on any atom is -0.329 e. The molecule has 0 unspecified atom stereocenters. The number of rotatable bonds is 4. The van der Waals surface area contributed by atoms with Gasteiger partial charge in [0, 0.05) is 31.9 Å². The van der Waals surface area contributed by atoms with Gasteiger partial charge in [-0.1, -0.05) is 0 Å². The first-order valence-corrected chi connectivity index (χ1v) is 4.28. The van der Waals surface area contributed by atoms with E-state index in [-0.39, 0.29) is 5.56 Å². The van der Waals surface area contributed by atoms with Crippen LogP contribution in [0.3, 0.4) is 0 Å². The van der Waals surface area contributed by atoms with Crippen LogP contribution in [0.15, 0.2) is 23.1 Å². The van der Waals surface area contributed by atoms with Crippen molar-refractivity contribution in [1.82, 2.24) is 9.88 Å². The molecule has 0 amide bonds. The second-order valence-electron chi connectivity index (χ2n) is 3.09. The monoisotopic (exact) mass is 181 g/mol. The Balaban J connectivity index is 2.58. The molecule has 13 heavy (non-hydrogen) atoms. The van der Waals surface area contributed by atoms with Gasteiger partial charge in [0.25, 0.3) is 0 Å². The highest BCUT2D eigenvalue weighted by molar-refractivity contribution is 5.09. The molecule has 1 aromatic heterocycles. The third-order valence-electron chi connectivity index (χ3n) is 1.80. The molecule has 0 saturated heterocycles. The van der Waals surface area contributed by atoms with Crippen LogP contribution in [0.1, 0.15) is 5.56 Å². The van der Waals surface area contributed by atoms with Crippen LogP contribution in [0.5, 0.6) is 0 Å². The van der Waals surface area contributed by atoms with Gasteiger partial charge in [0.15, 0.2) is 0 Å². The maximum atomic E-state index is 10.9. The summed E-state index contributed by atoms with van der Waals surface area (Å²) in [6.45, 7) is 2.24. The number of nitrogens with one attached hydrogen (secondary N) is 1. The highest BCUT2D eigenvalue weighted by atomic mass is 16.1. The van der Waals surface area contributed by atoms with Gasteiger partial charge in [-0.2, -0.15) is 0 Å². The first kappa shape index (κ1) is 9.95. The van der Waals surface area contributed by atoms with E-state index < -0.39 is 0 Å². The molecule has 4 heteroatoms. The van der Waals surface area contributed by atoms with Crippen molar-refractivity contribution in [1.29, 1.82) is 0 Å². The highest BCUT2D eigenvalue weighted by Gasteiger charge is 1.98. The number of likely N-dealkylation sites (N-methyl/N-ethyl adjacent to an activating group) is 1. The SMILES string of the molecule is CN(CCN)Cc1cc[nH]c(=O)c1. The zero-order valence-electron chi connectivity index (χ0n) is 7.79. The van der Waals surface area contributed by atoms with E-state index in [4.69, 9.17) is 5.73 Å². The van der Waals surface area contributed by atoms with Gasteiger partial charge >= 0.3 is 0 Å². The van der Waals surface area contributed by atoms with Gasteiger partial charge in [-0.25, -0.2) is 0 Å². The molecular formula is C9H15N3O. The molecule has 0 aromatic carbocycles. The van der Waals surface area contributed by atoms with Crippen molar-refractivity contribution >= 4 is 0 Å². The maximum absolute atomic E-state index is 10.9. The minimum atomic E-state index is -0.0568. The Labute approximate surface area is 77.4 Å². The van der Waals surface area contributed by atoms with E-state index >= 15 is 0 Å². The Kier molecular flexibility index (Phi) is 3.67. The molecule has 1 aromatic rings. The Morgan fingerprint density at radius 2 is 2.38 bits per heavy atom. The molecule has 0 aliphatic rings. The Morgan fingerprint density at radius 1 is 1.62 bits per heavy atom. The predicted octanol–water partition coefficient (Wildman–Crippen LogP) is -0.235. The molecule has 0 atom stereocenters. The lowest BCUT2D eigenvalue weighted by Gasteiger charge is -2.14. The van der Waals surface area contributed by atoms with Gasteiger partial charge in [0.05, 0.1) is 0 Å². The van der Waals surface area contributed by atoms with Gasteiger partial charge in [0.2, 0.25) is 5.56 Å². The average Bonchev–Trinajstić information content (AvgIpc) is 2.04. The lowest BCUT2D eigenvalue weighted by Crippen LogP contribution is -2.25. The van der Waals surface area contributed by atoms with E-state index in [0.29, 0.717) is 6.54 Å². The van der Waals surface area contributed by atoms with Gasteiger partial charge in [-0.05, 0) is 18.7 Å². The first-order valence-electron chi connectivity index (χ1n) is 4.28. The molecular weight excluding hydrogens is 166 g/mol. The summed E-state index contributed by atoms with van der Waals surface area (Å²) in [6.07, 6.45) is 1.66. The topological polar surface area (TPSA) is 62.1 Å². The predicted molar refractivity (Wildman–Crippen MR) is 52.5 cm³/mol. The van der Waals surface area contributed by atoms with E-state index in [0.717, 1.165) is 18.7 Å². The molecule has 0 radical (unpaired) electrons. The normalized spacial score (nSPS) is 10.7. The number of aromatic nitrogens is 1. The summed E-state index contributed by atoms with van der Waals surface area (Å²) in [5.74, 6) is 0. The van der Waals surface area contributed by atoms with Crippen LogP contribution in [0, 0.1) is 0 Å². The Hall–Kier alpha value is -1.13. The second-order valence-corrected chi connectivity index (χ2v) is 3.09. The fourth-order valence-electron chi connectivity index (χ4n) is 1.20. The first-order chi connectivity index (χ1) is 6.22. The average molecular weight is 181 g/mol. The zero-order valence-corrected chi connectivity index (χ0v) is 7.79. The van der Waals surface area contributed by atoms with Crippen molar-refractivity contribution in [3.63, 3.8) is 0 Å². The van der Waals surface area contributed by atoms with Crippen LogP contribution >= 0.6 is 0 Å². The van der Waals surface area contributed by atoms with E-state index in [1.807, 2.05) is 13.1 Å². The molecule has 0 bridgehead atoms. The van der Waals surface area contributed by atoms with Gasteiger partial charge in [0.1, 0.15) is 0 Å². The molecule has 4 nitrogen and oxygen atoms in total. The molecule has 0 aliphatic carbocycles. The fourth-order valence-corrected chi connectivity index (χ4v) is 1.20. The smallest absolute Gasteiger partial charge is 0.248 e. The van der Waals surface area contributed by atoms with E-state index in [9.17, 15) is 4.79 Å². The van der Waals surface area contributed by atoms with Crippen molar-refractivity contribution < 1.29 is 0 Å². The molecule has 1 rings (SSSR count). The third-order valence-corrected chi connectivity index (χ3v) is 1.80. The fraction of sp³-hybridized carbons (Fsp3) is 0.444. The summed E-state index contributed by atoms with van der Waals surface area (Å²) in [4.78, 5) is 15.6. The number of nitrogens with two attached hydrogens (primary N) is 1. The highest BCUT2D eigenvalue weighted by Crippen LogP contribution is 1.97. The van der Waals surface area contributed by atoms with Crippen LogP contribution in [0.2, 0.25) is 0 Å². The lowest BCUT2D eigenvalue weighted by molar-refractivity contribution is 0.336. The van der Waals surface area contributed by atoms with Crippen molar-refractivity contribution in [2.24, 2.45) is 5.73 Å². The molecule has 0 saturated carbocycles. The lowest BCUT2D eigenvalue weighted by atomic mass is 10.2. The summed E-state index contributed by atoms with van der Waals surface area (Å²) in [5.41, 5.74) is 6.36. The van der Waals surface area contributed by atoms with Crippen LogP contribution in [0.4, 0.5) is 0 Å². The summed E-state index contributed by atoms with van der Waals surface area (Å²) in [6, 6.07) is 3.50. The van der Waals surface area contributed by atoms with Crippen LogP contribution in [0.25, 0.3) is 0 Å². The summed E-state index contributed by atoms with van der Waals surface area (Å²) < 4.78 is 0. The molecule has 0 aliphatic heterocycles. The van der Waals surface area contributed by atoms with Crippen molar-refractivity contribution in [3.05, 3.63) is 34.2 Å². The molecule has 0 fully saturated rings. The van der Waals surface area contributed by atoms with E-state index in [1.165, 1.54) is 0 Å². The number of H-pyrrole nitrogens is 1. The summed E-state index contributed by atoms with van der Waals surface area (Å²) in [5, 5.41) is 0. The van der Waals surface area contributed by atoms with Crippen molar-refractivity contribution in [3.8, 4) is 0 Å². The van der Waals surface area contributed by atoms with E-state index in [2.05, 4.69) is 9.88 Å². The summed E-state index contributed by atoms with van der Waals surface area (Å²) in [7, 11) is 1.98. The minimum absolute atomic E-state index is 0.0568. The second kappa shape index (κ2) is 4.79. The van der Waals surface area contributed by atoms with Crippen LogP contribution < -0.4 is 11.3 Å². The number of pyridine rings is 1. The van der Waals surface area contributed by atoms with Gasteiger partial charge in [-0.15, -0.1) is 0 Å². The van der Waals surface area contributed by atoms with Crippen molar-refractivity contribution in [2.75, 3.05) is 20.1 Å². The molecule has 1 heterocycles. The third kappa shape index (κ3) is 3.40. The standard InChI is InChI=1S/C9H15N3O/c1-12(5-3-10)7-8-2-4-11-9(13)6-8/h2,4,6H,3,5,7,10H2,1H3,(H,11,13). The Bertz CT molecular complexity index is 308. The number of hydrogen-bond donors (Lipinski definition) is 2. The van der Waals surface area contributed by atoms with Crippen LogP contribution in [-0.4, -0.2) is 30.0 Å².